The zero-order valence-corrected chi connectivity index (χ0v) is 15.7. The Bertz CT molecular complexity index is 932. The lowest BCUT2D eigenvalue weighted by atomic mass is 10.0. The molecule has 6 heteroatoms. The third-order valence-electron chi connectivity index (χ3n) is 5.22. The second kappa shape index (κ2) is 7.03. The van der Waals surface area contributed by atoms with Gasteiger partial charge in [0.15, 0.2) is 11.5 Å². The van der Waals surface area contributed by atoms with E-state index in [1.54, 1.807) is 31.3 Å². The number of nitrogens with zero attached hydrogens (tertiary/aromatic N) is 1. The van der Waals surface area contributed by atoms with Gasteiger partial charge < -0.3 is 19.7 Å². The maximum Gasteiger partial charge on any atom is 0.251 e. The van der Waals surface area contributed by atoms with Crippen LogP contribution >= 0.6 is 0 Å². The first-order chi connectivity index (χ1) is 13.5. The van der Waals surface area contributed by atoms with Crippen LogP contribution in [0.2, 0.25) is 0 Å². The Morgan fingerprint density at radius 1 is 1.07 bits per heavy atom. The maximum absolute atomic E-state index is 12.8. The van der Waals surface area contributed by atoms with Crippen molar-refractivity contribution in [1.82, 2.24) is 5.32 Å². The van der Waals surface area contributed by atoms with E-state index in [1.165, 1.54) is 11.0 Å². The van der Waals surface area contributed by atoms with Gasteiger partial charge >= 0.3 is 0 Å². The summed E-state index contributed by atoms with van der Waals surface area (Å²) in [4.78, 5) is 25.9. The Hall–Kier alpha value is -3.28. The van der Waals surface area contributed by atoms with E-state index in [-0.39, 0.29) is 17.4 Å². The monoisotopic (exact) mass is 378 g/mol. The molecule has 1 N–H and O–H groups in total. The number of nitrogens with one attached hydrogen (secondary N) is 1. The second-order valence-electron chi connectivity index (χ2n) is 7.04. The SMILES string of the molecule is C=CC(=O)N(C)c1ccc(C(=O)NC2(c3ccc4c(c3)OCCO4)CC2)cc1. The average molecular weight is 378 g/mol. The van der Waals surface area contributed by atoms with Crippen molar-refractivity contribution in [2.45, 2.75) is 18.4 Å². The summed E-state index contributed by atoms with van der Waals surface area (Å²) in [5.74, 6) is 1.12. The molecule has 6 nitrogen and oxygen atoms in total. The Morgan fingerprint density at radius 3 is 2.39 bits per heavy atom. The van der Waals surface area contributed by atoms with Crippen LogP contribution in [0.4, 0.5) is 5.69 Å². The molecule has 1 heterocycles. The highest BCUT2D eigenvalue weighted by atomic mass is 16.6. The van der Waals surface area contributed by atoms with Gasteiger partial charge in [0.05, 0.1) is 5.54 Å². The average Bonchev–Trinajstić information content (AvgIpc) is 3.53. The zero-order chi connectivity index (χ0) is 19.7. The van der Waals surface area contributed by atoms with Crippen LogP contribution in [0.3, 0.4) is 0 Å². The van der Waals surface area contributed by atoms with Crippen LogP contribution in [0.15, 0.2) is 55.1 Å². The number of anilines is 1. The third-order valence-corrected chi connectivity index (χ3v) is 5.22. The molecule has 4 rings (SSSR count). The molecular weight excluding hydrogens is 356 g/mol. The highest BCUT2D eigenvalue weighted by Gasteiger charge is 2.46. The number of ether oxygens (including phenoxy) is 2. The lowest BCUT2D eigenvalue weighted by Crippen LogP contribution is -2.35. The zero-order valence-electron chi connectivity index (χ0n) is 15.7. The van der Waals surface area contributed by atoms with E-state index in [9.17, 15) is 9.59 Å². The van der Waals surface area contributed by atoms with Gasteiger partial charge in [0.25, 0.3) is 5.91 Å². The van der Waals surface area contributed by atoms with Gasteiger partial charge in [-0.1, -0.05) is 12.6 Å². The van der Waals surface area contributed by atoms with Crippen molar-refractivity contribution < 1.29 is 19.1 Å². The number of carbonyl (C=O) groups excluding carboxylic acids is 2. The van der Waals surface area contributed by atoms with Crippen LogP contribution in [-0.4, -0.2) is 32.1 Å². The number of hydrogen-bond acceptors (Lipinski definition) is 4. The summed E-state index contributed by atoms with van der Waals surface area (Å²) in [5.41, 5.74) is 1.92. The number of benzene rings is 2. The minimum absolute atomic E-state index is 0.142. The van der Waals surface area contributed by atoms with Crippen molar-refractivity contribution in [1.29, 1.82) is 0 Å². The van der Waals surface area contributed by atoms with Gasteiger partial charge in [0.1, 0.15) is 13.2 Å². The normalized spacial score (nSPS) is 16.0. The fourth-order valence-electron chi connectivity index (χ4n) is 3.34. The molecule has 1 aliphatic heterocycles. The van der Waals surface area contributed by atoms with E-state index in [2.05, 4.69) is 11.9 Å². The van der Waals surface area contributed by atoms with Crippen molar-refractivity contribution >= 4 is 17.5 Å². The van der Waals surface area contributed by atoms with Gasteiger partial charge in [-0.2, -0.15) is 0 Å². The van der Waals surface area contributed by atoms with Crippen molar-refractivity contribution in [3.8, 4) is 11.5 Å². The lowest BCUT2D eigenvalue weighted by Gasteiger charge is -2.23. The standard InChI is InChI=1S/C22H22N2O4/c1-3-20(25)24(2)17-7-4-15(5-8-17)21(26)23-22(10-11-22)16-6-9-18-19(14-16)28-13-12-27-18/h3-9,14H,1,10-13H2,2H3,(H,23,26). The molecule has 2 aromatic rings. The highest BCUT2D eigenvalue weighted by Crippen LogP contribution is 2.48. The van der Waals surface area contributed by atoms with Crippen molar-refractivity contribution in [3.05, 3.63) is 66.2 Å². The van der Waals surface area contributed by atoms with Gasteiger partial charge in [0, 0.05) is 18.3 Å². The molecule has 0 atom stereocenters. The van der Waals surface area contributed by atoms with Crippen LogP contribution in [0, 0.1) is 0 Å². The van der Waals surface area contributed by atoms with Crippen LogP contribution < -0.4 is 19.7 Å². The van der Waals surface area contributed by atoms with Crippen LogP contribution in [0.1, 0.15) is 28.8 Å². The van der Waals surface area contributed by atoms with Gasteiger partial charge in [-0.25, -0.2) is 0 Å². The number of fused-ring (bicyclic) bond motifs is 1. The molecule has 1 aliphatic carbocycles. The summed E-state index contributed by atoms with van der Waals surface area (Å²) in [5, 5.41) is 3.16. The summed E-state index contributed by atoms with van der Waals surface area (Å²) in [6.07, 6.45) is 3.02. The van der Waals surface area contributed by atoms with E-state index < -0.39 is 0 Å². The number of carbonyl (C=O) groups is 2. The van der Waals surface area contributed by atoms with E-state index >= 15 is 0 Å². The molecule has 2 aliphatic rings. The summed E-state index contributed by atoms with van der Waals surface area (Å²) in [6, 6.07) is 12.8. The van der Waals surface area contributed by atoms with Gasteiger partial charge in [-0.15, -0.1) is 0 Å². The first-order valence-corrected chi connectivity index (χ1v) is 9.25. The minimum atomic E-state index is -0.360. The molecule has 0 bridgehead atoms. The van der Waals surface area contributed by atoms with Crippen molar-refractivity contribution in [2.24, 2.45) is 0 Å². The van der Waals surface area contributed by atoms with Crippen molar-refractivity contribution in [3.63, 3.8) is 0 Å². The van der Waals surface area contributed by atoms with Crippen molar-refractivity contribution in [2.75, 3.05) is 25.2 Å². The summed E-state index contributed by atoms with van der Waals surface area (Å²) in [6.45, 7) is 4.57. The fraction of sp³-hybridized carbons (Fsp3) is 0.273. The fourth-order valence-corrected chi connectivity index (χ4v) is 3.34. The Morgan fingerprint density at radius 2 is 1.75 bits per heavy atom. The molecule has 0 aromatic heterocycles. The number of hydrogen-bond donors (Lipinski definition) is 1. The van der Waals surface area contributed by atoms with Crippen LogP contribution in [0.5, 0.6) is 11.5 Å². The molecule has 2 aromatic carbocycles. The molecular formula is C22H22N2O4. The molecule has 144 valence electrons. The topological polar surface area (TPSA) is 67.9 Å². The number of amides is 2. The first kappa shape index (κ1) is 18.1. The van der Waals surface area contributed by atoms with E-state index in [0.717, 1.165) is 29.9 Å². The Kier molecular flexibility index (Phi) is 4.55. The largest absolute Gasteiger partial charge is 0.486 e. The van der Waals surface area contributed by atoms with Crippen LogP contribution in [-0.2, 0) is 10.3 Å². The number of likely N-dealkylation sites (N-methyl/N-ethyl adjacent to an activating group) is 1. The predicted octanol–water partition coefficient (Wildman–Crippen LogP) is 3.03. The minimum Gasteiger partial charge on any atom is -0.486 e. The van der Waals surface area contributed by atoms with E-state index in [0.29, 0.717) is 24.5 Å². The summed E-state index contributed by atoms with van der Waals surface area (Å²) >= 11 is 0. The molecule has 2 amide bonds. The van der Waals surface area contributed by atoms with Crippen LogP contribution in [0.25, 0.3) is 0 Å². The summed E-state index contributed by atoms with van der Waals surface area (Å²) in [7, 11) is 1.67. The molecule has 1 saturated carbocycles. The van der Waals surface area contributed by atoms with E-state index in [4.69, 9.17) is 9.47 Å². The second-order valence-corrected chi connectivity index (χ2v) is 7.04. The summed E-state index contributed by atoms with van der Waals surface area (Å²) < 4.78 is 11.2. The molecule has 1 fully saturated rings. The van der Waals surface area contributed by atoms with Gasteiger partial charge in [-0.05, 0) is 60.9 Å². The maximum atomic E-state index is 12.8. The number of rotatable bonds is 5. The predicted molar refractivity (Wildman–Crippen MR) is 106 cm³/mol. The molecule has 0 radical (unpaired) electrons. The van der Waals surface area contributed by atoms with Gasteiger partial charge in [0.2, 0.25) is 5.91 Å². The molecule has 0 unspecified atom stereocenters. The Balaban J connectivity index is 1.49. The quantitative estimate of drug-likeness (QED) is 0.812. The molecule has 28 heavy (non-hydrogen) atoms. The Labute approximate surface area is 163 Å². The smallest absolute Gasteiger partial charge is 0.251 e. The molecule has 0 saturated heterocycles. The lowest BCUT2D eigenvalue weighted by molar-refractivity contribution is -0.113. The van der Waals surface area contributed by atoms with E-state index in [1.807, 2.05) is 18.2 Å². The first-order valence-electron chi connectivity index (χ1n) is 9.25. The van der Waals surface area contributed by atoms with Gasteiger partial charge in [-0.3, -0.25) is 9.59 Å². The molecule has 0 spiro atoms. The third kappa shape index (κ3) is 3.33. The highest BCUT2D eigenvalue weighted by molar-refractivity contribution is 6.01.